The number of nitriles is 1. The van der Waals surface area contributed by atoms with E-state index in [1.807, 2.05) is 13.1 Å². The van der Waals surface area contributed by atoms with Gasteiger partial charge in [-0.25, -0.2) is 0 Å². The maximum Gasteiger partial charge on any atom is 0.119 e. The SMILES string of the molecule is C[C@H]1C[C@H](C)[C@@H](C#N)N(C)c2ccccc21. The van der Waals surface area contributed by atoms with Gasteiger partial charge in [0.25, 0.3) is 0 Å². The summed E-state index contributed by atoms with van der Waals surface area (Å²) in [5.74, 6) is 0.949. The van der Waals surface area contributed by atoms with Crippen LogP contribution in [-0.2, 0) is 0 Å². The molecule has 2 nitrogen and oxygen atoms in total. The summed E-state index contributed by atoms with van der Waals surface area (Å²) in [6, 6.07) is 10.9. The van der Waals surface area contributed by atoms with Crippen LogP contribution in [0.25, 0.3) is 0 Å². The quantitative estimate of drug-likeness (QED) is 0.663. The van der Waals surface area contributed by atoms with Crippen LogP contribution in [-0.4, -0.2) is 13.1 Å². The van der Waals surface area contributed by atoms with Gasteiger partial charge in [0, 0.05) is 12.7 Å². The normalized spacial score (nSPS) is 29.1. The van der Waals surface area contributed by atoms with Crippen LogP contribution < -0.4 is 4.90 Å². The van der Waals surface area contributed by atoms with E-state index in [4.69, 9.17) is 0 Å². The first-order chi connectivity index (χ1) is 7.65. The molecule has 84 valence electrons. The van der Waals surface area contributed by atoms with Crippen molar-refractivity contribution in [3.8, 4) is 6.07 Å². The van der Waals surface area contributed by atoms with Crippen molar-refractivity contribution < 1.29 is 0 Å². The Morgan fingerprint density at radius 2 is 2.00 bits per heavy atom. The highest BCUT2D eigenvalue weighted by molar-refractivity contribution is 5.57. The topological polar surface area (TPSA) is 27.0 Å². The lowest BCUT2D eigenvalue weighted by Crippen LogP contribution is -2.34. The van der Waals surface area contributed by atoms with Crippen molar-refractivity contribution in [1.82, 2.24) is 0 Å². The molecular formula is C14H18N2. The Kier molecular flexibility index (Phi) is 2.87. The molecule has 16 heavy (non-hydrogen) atoms. The molecule has 0 aliphatic carbocycles. The van der Waals surface area contributed by atoms with Gasteiger partial charge >= 0.3 is 0 Å². The molecule has 0 bridgehead atoms. The molecule has 1 aromatic rings. The molecule has 0 aromatic heterocycles. The van der Waals surface area contributed by atoms with Gasteiger partial charge in [-0.15, -0.1) is 0 Å². The van der Waals surface area contributed by atoms with Gasteiger partial charge in [-0.05, 0) is 29.9 Å². The smallest absolute Gasteiger partial charge is 0.119 e. The first-order valence-electron chi connectivity index (χ1n) is 5.86. The highest BCUT2D eigenvalue weighted by Crippen LogP contribution is 2.37. The fourth-order valence-corrected chi connectivity index (χ4v) is 2.78. The number of benzene rings is 1. The second-order valence-electron chi connectivity index (χ2n) is 4.86. The lowest BCUT2D eigenvalue weighted by atomic mass is 9.89. The molecule has 0 saturated carbocycles. The molecule has 0 radical (unpaired) electrons. The van der Waals surface area contributed by atoms with E-state index in [-0.39, 0.29) is 6.04 Å². The molecule has 3 atom stereocenters. The van der Waals surface area contributed by atoms with E-state index in [1.54, 1.807) is 0 Å². The molecule has 1 aliphatic heterocycles. The molecule has 0 saturated heterocycles. The number of nitrogens with zero attached hydrogens (tertiary/aromatic N) is 2. The summed E-state index contributed by atoms with van der Waals surface area (Å²) >= 11 is 0. The van der Waals surface area contributed by atoms with Crippen LogP contribution in [0, 0.1) is 17.2 Å². The van der Waals surface area contributed by atoms with Gasteiger partial charge in [-0.2, -0.15) is 5.26 Å². The number of para-hydroxylation sites is 1. The fraction of sp³-hybridized carbons (Fsp3) is 0.500. The molecule has 1 aromatic carbocycles. The summed E-state index contributed by atoms with van der Waals surface area (Å²) in [5.41, 5.74) is 2.58. The average molecular weight is 214 g/mol. The molecule has 0 unspecified atom stereocenters. The van der Waals surface area contributed by atoms with Gasteiger partial charge in [-0.3, -0.25) is 0 Å². The zero-order chi connectivity index (χ0) is 11.7. The lowest BCUT2D eigenvalue weighted by molar-refractivity contribution is 0.454. The van der Waals surface area contributed by atoms with Crippen molar-refractivity contribution in [3.05, 3.63) is 29.8 Å². The number of fused-ring (bicyclic) bond motifs is 1. The zero-order valence-corrected chi connectivity index (χ0v) is 10.1. The summed E-state index contributed by atoms with van der Waals surface area (Å²) in [4.78, 5) is 2.13. The lowest BCUT2D eigenvalue weighted by Gasteiger charge is -2.27. The van der Waals surface area contributed by atoms with E-state index in [2.05, 4.69) is 43.0 Å². The molecule has 2 rings (SSSR count). The molecule has 1 aliphatic rings. The minimum absolute atomic E-state index is 0.00824. The van der Waals surface area contributed by atoms with Crippen molar-refractivity contribution in [2.75, 3.05) is 11.9 Å². The van der Waals surface area contributed by atoms with E-state index in [0.29, 0.717) is 11.8 Å². The summed E-state index contributed by atoms with van der Waals surface area (Å²) in [5, 5.41) is 9.28. The number of hydrogen-bond donors (Lipinski definition) is 0. The van der Waals surface area contributed by atoms with Crippen molar-refractivity contribution >= 4 is 5.69 Å². The fourth-order valence-electron chi connectivity index (χ4n) is 2.78. The molecule has 1 heterocycles. The maximum atomic E-state index is 9.28. The van der Waals surface area contributed by atoms with Crippen LogP contribution in [0.2, 0.25) is 0 Å². The second-order valence-corrected chi connectivity index (χ2v) is 4.86. The van der Waals surface area contributed by atoms with Crippen molar-refractivity contribution in [1.29, 1.82) is 5.26 Å². The third-order valence-corrected chi connectivity index (χ3v) is 3.66. The molecule has 0 N–H and O–H groups in total. The van der Waals surface area contributed by atoms with Gasteiger partial charge in [0.1, 0.15) is 6.04 Å². The highest BCUT2D eigenvalue weighted by Gasteiger charge is 2.29. The summed E-state index contributed by atoms with van der Waals surface area (Å²) in [7, 11) is 2.03. The number of anilines is 1. The Bertz CT molecular complexity index is 419. The van der Waals surface area contributed by atoms with Gasteiger partial charge in [0.15, 0.2) is 0 Å². The maximum absolute atomic E-state index is 9.28. The summed E-state index contributed by atoms with van der Waals surface area (Å²) in [6.07, 6.45) is 1.08. The first kappa shape index (κ1) is 11.0. The zero-order valence-electron chi connectivity index (χ0n) is 10.1. The highest BCUT2D eigenvalue weighted by atomic mass is 15.1. The Morgan fingerprint density at radius 1 is 1.31 bits per heavy atom. The van der Waals surface area contributed by atoms with Gasteiger partial charge in [0.05, 0.1) is 6.07 Å². The van der Waals surface area contributed by atoms with Crippen molar-refractivity contribution in [2.24, 2.45) is 5.92 Å². The number of hydrogen-bond acceptors (Lipinski definition) is 2. The van der Waals surface area contributed by atoms with E-state index < -0.39 is 0 Å². The standard InChI is InChI=1S/C14H18N2/c1-10-8-11(2)14(9-15)16(3)13-7-5-4-6-12(10)13/h4-7,10-11,14H,8H2,1-3H3/t10-,11-,14+/m0/s1. The van der Waals surface area contributed by atoms with Crippen LogP contribution >= 0.6 is 0 Å². The van der Waals surface area contributed by atoms with Crippen LogP contribution in [0.5, 0.6) is 0 Å². The Balaban J connectivity index is 2.50. The van der Waals surface area contributed by atoms with Crippen LogP contribution in [0.1, 0.15) is 31.7 Å². The molecule has 0 amide bonds. The molecule has 0 spiro atoms. The summed E-state index contributed by atoms with van der Waals surface area (Å²) < 4.78 is 0. The third kappa shape index (κ3) is 1.67. The predicted molar refractivity (Wildman–Crippen MR) is 66.4 cm³/mol. The predicted octanol–water partition coefficient (Wildman–Crippen LogP) is 3.16. The van der Waals surface area contributed by atoms with Crippen LogP contribution in [0.15, 0.2) is 24.3 Å². The monoisotopic (exact) mass is 214 g/mol. The Hall–Kier alpha value is -1.49. The van der Waals surface area contributed by atoms with Gasteiger partial charge in [-0.1, -0.05) is 32.0 Å². The van der Waals surface area contributed by atoms with E-state index in [1.165, 1.54) is 11.3 Å². The minimum Gasteiger partial charge on any atom is -0.358 e. The van der Waals surface area contributed by atoms with Gasteiger partial charge < -0.3 is 4.90 Å². The minimum atomic E-state index is -0.00824. The Morgan fingerprint density at radius 3 is 2.69 bits per heavy atom. The second kappa shape index (κ2) is 4.17. The average Bonchev–Trinajstić information content (AvgIpc) is 2.37. The number of rotatable bonds is 0. The largest absolute Gasteiger partial charge is 0.358 e. The van der Waals surface area contributed by atoms with Gasteiger partial charge in [0.2, 0.25) is 0 Å². The van der Waals surface area contributed by atoms with E-state index in [9.17, 15) is 5.26 Å². The molecular weight excluding hydrogens is 196 g/mol. The molecule has 2 heteroatoms. The van der Waals surface area contributed by atoms with Crippen LogP contribution in [0.3, 0.4) is 0 Å². The van der Waals surface area contributed by atoms with E-state index >= 15 is 0 Å². The van der Waals surface area contributed by atoms with Crippen LogP contribution in [0.4, 0.5) is 5.69 Å². The Labute approximate surface area is 97.5 Å². The molecule has 0 fully saturated rings. The first-order valence-corrected chi connectivity index (χ1v) is 5.86. The summed E-state index contributed by atoms with van der Waals surface area (Å²) in [6.45, 7) is 4.43. The van der Waals surface area contributed by atoms with Crippen molar-refractivity contribution in [2.45, 2.75) is 32.2 Å². The van der Waals surface area contributed by atoms with E-state index in [0.717, 1.165) is 6.42 Å². The third-order valence-electron chi connectivity index (χ3n) is 3.66. The van der Waals surface area contributed by atoms with Crippen molar-refractivity contribution in [3.63, 3.8) is 0 Å².